The van der Waals surface area contributed by atoms with Crippen LogP contribution in [-0.4, -0.2) is 29.4 Å². The summed E-state index contributed by atoms with van der Waals surface area (Å²) in [5.41, 5.74) is 2.71. The molecule has 3 aromatic rings. The van der Waals surface area contributed by atoms with Crippen molar-refractivity contribution in [3.05, 3.63) is 76.6 Å². The van der Waals surface area contributed by atoms with Gasteiger partial charge >= 0.3 is 0 Å². The Balaban J connectivity index is 1.55. The molecule has 1 heterocycles. The Labute approximate surface area is 202 Å². The monoisotopic (exact) mass is 503 g/mol. The molecule has 0 saturated heterocycles. The second-order valence-electron chi connectivity index (χ2n) is 7.20. The number of sulfonamides is 1. The fraction of sp³-hybridized carbons (Fsp3) is 0.182. The molecule has 33 heavy (non-hydrogen) atoms. The number of thiocarbonyl (C=S) groups is 1. The standard InChI is InChI=1S/C22H22ClN5O3S2/c1-14-13-15(2)25-21(24-14)28-33(30,31)18-10-8-17(9-11-18)26-22(32)27-20(29)12-7-16-5-3-4-6-19(16)23/h3-6,8-11,13H,7,12H2,1-2H3,(H,24,25,28)(H2,26,27,29,32). The Morgan fingerprint density at radius 3 is 2.30 bits per heavy atom. The maximum absolute atomic E-state index is 12.6. The molecule has 3 N–H and O–H groups in total. The molecular formula is C22H22ClN5O3S2. The lowest BCUT2D eigenvalue weighted by Gasteiger charge is -2.11. The van der Waals surface area contributed by atoms with Crippen LogP contribution in [0.5, 0.6) is 0 Å². The molecule has 0 fully saturated rings. The van der Waals surface area contributed by atoms with Gasteiger partial charge in [-0.2, -0.15) is 0 Å². The maximum Gasteiger partial charge on any atom is 0.264 e. The predicted molar refractivity (Wildman–Crippen MR) is 133 cm³/mol. The summed E-state index contributed by atoms with van der Waals surface area (Å²) in [6.07, 6.45) is 0.701. The molecule has 0 bridgehead atoms. The van der Waals surface area contributed by atoms with Crippen molar-refractivity contribution in [1.29, 1.82) is 0 Å². The van der Waals surface area contributed by atoms with Crippen molar-refractivity contribution in [1.82, 2.24) is 15.3 Å². The van der Waals surface area contributed by atoms with Crippen molar-refractivity contribution in [3.63, 3.8) is 0 Å². The maximum atomic E-state index is 12.6. The van der Waals surface area contributed by atoms with Crippen LogP contribution >= 0.6 is 23.8 Å². The van der Waals surface area contributed by atoms with Gasteiger partial charge < -0.3 is 10.6 Å². The van der Waals surface area contributed by atoms with Gasteiger partial charge in [0, 0.05) is 28.5 Å². The Bertz CT molecular complexity index is 1260. The van der Waals surface area contributed by atoms with Gasteiger partial charge in [0.05, 0.1) is 4.90 Å². The van der Waals surface area contributed by atoms with Gasteiger partial charge in [-0.25, -0.2) is 23.1 Å². The molecule has 0 atom stereocenters. The SMILES string of the molecule is Cc1cc(C)nc(NS(=O)(=O)c2ccc(NC(=S)NC(=O)CCc3ccccc3Cl)cc2)n1. The van der Waals surface area contributed by atoms with Crippen molar-refractivity contribution in [2.75, 3.05) is 10.0 Å². The molecule has 0 unspecified atom stereocenters. The van der Waals surface area contributed by atoms with E-state index >= 15 is 0 Å². The largest absolute Gasteiger partial charge is 0.332 e. The first kappa shape index (κ1) is 24.6. The zero-order valence-electron chi connectivity index (χ0n) is 17.9. The zero-order chi connectivity index (χ0) is 24.0. The van der Waals surface area contributed by atoms with Gasteiger partial charge in [0.1, 0.15) is 0 Å². The van der Waals surface area contributed by atoms with Crippen LogP contribution in [0.1, 0.15) is 23.4 Å². The number of benzene rings is 2. The number of aryl methyl sites for hydroxylation is 3. The van der Waals surface area contributed by atoms with Gasteiger partial charge in [0.15, 0.2) is 5.11 Å². The van der Waals surface area contributed by atoms with Gasteiger partial charge in [-0.05, 0) is 74.4 Å². The van der Waals surface area contributed by atoms with E-state index in [0.29, 0.717) is 28.5 Å². The lowest BCUT2D eigenvalue weighted by Crippen LogP contribution is -2.34. The van der Waals surface area contributed by atoms with Gasteiger partial charge in [0.2, 0.25) is 11.9 Å². The molecule has 0 radical (unpaired) electrons. The number of aromatic nitrogens is 2. The van der Waals surface area contributed by atoms with E-state index in [1.54, 1.807) is 38.1 Å². The fourth-order valence-corrected chi connectivity index (χ4v) is 4.37. The molecule has 0 aliphatic heterocycles. The van der Waals surface area contributed by atoms with Crippen molar-refractivity contribution < 1.29 is 13.2 Å². The van der Waals surface area contributed by atoms with E-state index in [2.05, 4.69) is 25.3 Å². The van der Waals surface area contributed by atoms with Crippen LogP contribution in [0, 0.1) is 13.8 Å². The van der Waals surface area contributed by atoms with Gasteiger partial charge in [-0.3, -0.25) is 4.79 Å². The number of amides is 1. The molecule has 11 heteroatoms. The second kappa shape index (κ2) is 10.7. The third-order valence-electron chi connectivity index (χ3n) is 4.46. The van der Waals surface area contributed by atoms with Crippen molar-refractivity contribution in [3.8, 4) is 0 Å². The number of nitrogens with zero attached hydrogens (tertiary/aromatic N) is 2. The Morgan fingerprint density at radius 1 is 1.03 bits per heavy atom. The van der Waals surface area contributed by atoms with Crippen molar-refractivity contribution in [2.24, 2.45) is 0 Å². The normalized spacial score (nSPS) is 11.0. The molecular weight excluding hydrogens is 482 g/mol. The quantitative estimate of drug-likeness (QED) is 0.418. The summed E-state index contributed by atoms with van der Waals surface area (Å²) in [6, 6.07) is 15.0. The molecule has 172 valence electrons. The average Bonchev–Trinajstić information content (AvgIpc) is 2.72. The summed E-state index contributed by atoms with van der Waals surface area (Å²) >= 11 is 11.3. The topological polar surface area (TPSA) is 113 Å². The highest BCUT2D eigenvalue weighted by Gasteiger charge is 2.16. The molecule has 0 aliphatic rings. The molecule has 0 aliphatic carbocycles. The molecule has 2 aromatic carbocycles. The minimum absolute atomic E-state index is 0.00961. The molecule has 3 rings (SSSR count). The summed E-state index contributed by atoms with van der Waals surface area (Å²) in [7, 11) is -3.86. The lowest BCUT2D eigenvalue weighted by atomic mass is 10.1. The van der Waals surface area contributed by atoms with E-state index in [9.17, 15) is 13.2 Å². The third kappa shape index (κ3) is 7.21. The first-order valence-electron chi connectivity index (χ1n) is 9.92. The lowest BCUT2D eigenvalue weighted by molar-refractivity contribution is -0.119. The highest BCUT2D eigenvalue weighted by molar-refractivity contribution is 7.92. The highest BCUT2D eigenvalue weighted by Crippen LogP contribution is 2.18. The molecule has 1 amide bonds. The van der Waals surface area contributed by atoms with E-state index in [1.807, 2.05) is 18.2 Å². The zero-order valence-corrected chi connectivity index (χ0v) is 20.3. The average molecular weight is 504 g/mol. The van der Waals surface area contributed by atoms with E-state index in [4.69, 9.17) is 23.8 Å². The minimum atomic E-state index is -3.86. The molecule has 0 saturated carbocycles. The number of nitrogens with one attached hydrogen (secondary N) is 3. The Hall–Kier alpha value is -3.08. The van der Waals surface area contributed by atoms with Gasteiger partial charge in [0.25, 0.3) is 10.0 Å². The van der Waals surface area contributed by atoms with Crippen LogP contribution in [-0.2, 0) is 21.2 Å². The van der Waals surface area contributed by atoms with Crippen LogP contribution < -0.4 is 15.4 Å². The Morgan fingerprint density at radius 2 is 1.67 bits per heavy atom. The summed E-state index contributed by atoms with van der Waals surface area (Å²) in [5.74, 6) is -0.250. The van der Waals surface area contributed by atoms with Gasteiger partial charge in [-0.15, -0.1) is 0 Å². The van der Waals surface area contributed by atoms with E-state index < -0.39 is 10.0 Å². The van der Waals surface area contributed by atoms with Crippen molar-refractivity contribution in [2.45, 2.75) is 31.6 Å². The van der Waals surface area contributed by atoms with Crippen LogP contribution in [0.3, 0.4) is 0 Å². The summed E-state index contributed by atoms with van der Waals surface area (Å²) in [6.45, 7) is 3.51. The van der Waals surface area contributed by atoms with Crippen LogP contribution in [0.4, 0.5) is 11.6 Å². The summed E-state index contributed by atoms with van der Waals surface area (Å²) in [4.78, 5) is 20.4. The molecule has 1 aromatic heterocycles. The first-order valence-corrected chi connectivity index (χ1v) is 12.2. The molecule has 0 spiro atoms. The van der Waals surface area contributed by atoms with Crippen molar-refractivity contribution >= 4 is 56.5 Å². The number of anilines is 2. The minimum Gasteiger partial charge on any atom is -0.332 e. The van der Waals surface area contributed by atoms with Crippen LogP contribution in [0.2, 0.25) is 5.02 Å². The second-order valence-corrected chi connectivity index (χ2v) is 9.70. The van der Waals surface area contributed by atoms with E-state index in [-0.39, 0.29) is 28.3 Å². The fourth-order valence-electron chi connectivity index (χ4n) is 2.97. The third-order valence-corrected chi connectivity index (χ3v) is 6.38. The predicted octanol–water partition coefficient (Wildman–Crippen LogP) is 3.99. The van der Waals surface area contributed by atoms with Crippen LogP contribution in [0.25, 0.3) is 0 Å². The number of hydrogen-bond acceptors (Lipinski definition) is 6. The number of carbonyl (C=O) groups excluding carboxylic acids is 1. The summed E-state index contributed by atoms with van der Waals surface area (Å²) < 4.78 is 27.6. The van der Waals surface area contributed by atoms with Gasteiger partial charge in [-0.1, -0.05) is 29.8 Å². The highest BCUT2D eigenvalue weighted by atomic mass is 35.5. The van der Waals surface area contributed by atoms with E-state index in [0.717, 1.165) is 5.56 Å². The Kier molecular flexibility index (Phi) is 7.96. The van der Waals surface area contributed by atoms with Crippen LogP contribution in [0.15, 0.2) is 59.5 Å². The number of rotatable bonds is 7. The smallest absolute Gasteiger partial charge is 0.264 e. The van der Waals surface area contributed by atoms with E-state index in [1.165, 1.54) is 12.1 Å². The first-order chi connectivity index (χ1) is 15.6. The molecule has 8 nitrogen and oxygen atoms in total. The number of carbonyl (C=O) groups is 1. The number of hydrogen-bond donors (Lipinski definition) is 3. The number of halogens is 1. The summed E-state index contributed by atoms with van der Waals surface area (Å²) in [5, 5.41) is 6.18.